The molecule has 3 N–H and O–H groups in total. The Morgan fingerprint density at radius 2 is 2.40 bits per heavy atom. The SMILES string of the molecule is CS(=O)(=O)OC(=O)[C@@H](N)Cc1cnc[nH]1. The molecule has 0 amide bonds. The van der Waals surface area contributed by atoms with Crippen molar-refractivity contribution in [1.29, 1.82) is 0 Å². The highest BCUT2D eigenvalue weighted by molar-refractivity contribution is 7.86. The third-order valence-corrected chi connectivity index (χ3v) is 2.00. The van der Waals surface area contributed by atoms with Gasteiger partial charge >= 0.3 is 16.1 Å². The minimum absolute atomic E-state index is 0.147. The van der Waals surface area contributed by atoms with Crippen LogP contribution in [-0.4, -0.2) is 36.7 Å². The maximum absolute atomic E-state index is 11.1. The lowest BCUT2D eigenvalue weighted by atomic mass is 10.2. The maximum atomic E-state index is 11.1. The van der Waals surface area contributed by atoms with E-state index in [0.29, 0.717) is 5.69 Å². The first-order chi connectivity index (χ1) is 6.88. The lowest BCUT2D eigenvalue weighted by molar-refractivity contribution is -0.135. The zero-order chi connectivity index (χ0) is 11.5. The molecule has 1 aromatic heterocycles. The van der Waals surface area contributed by atoms with Crippen molar-refractivity contribution in [2.75, 3.05) is 6.26 Å². The van der Waals surface area contributed by atoms with Crippen LogP contribution < -0.4 is 5.73 Å². The van der Waals surface area contributed by atoms with Crippen molar-refractivity contribution in [3.05, 3.63) is 18.2 Å². The molecule has 1 atom stereocenters. The summed E-state index contributed by atoms with van der Waals surface area (Å²) in [5, 5.41) is 0. The largest absolute Gasteiger partial charge is 0.348 e. The Morgan fingerprint density at radius 3 is 2.87 bits per heavy atom. The third-order valence-electron chi connectivity index (χ3n) is 1.53. The van der Waals surface area contributed by atoms with Crippen LogP contribution in [0.5, 0.6) is 0 Å². The number of rotatable bonds is 4. The molecule has 7 nitrogen and oxygen atoms in total. The van der Waals surface area contributed by atoms with Crippen molar-refractivity contribution in [2.24, 2.45) is 5.73 Å². The Balaban J connectivity index is 2.54. The number of hydrogen-bond donors (Lipinski definition) is 2. The van der Waals surface area contributed by atoms with E-state index >= 15 is 0 Å². The molecule has 0 aliphatic carbocycles. The van der Waals surface area contributed by atoms with E-state index in [-0.39, 0.29) is 6.42 Å². The monoisotopic (exact) mass is 233 g/mol. The van der Waals surface area contributed by atoms with E-state index in [4.69, 9.17) is 5.73 Å². The molecule has 0 aliphatic rings. The fourth-order valence-corrected chi connectivity index (χ4v) is 1.35. The second-order valence-corrected chi connectivity index (χ2v) is 4.57. The van der Waals surface area contributed by atoms with Crippen LogP contribution in [0, 0.1) is 0 Å². The number of aromatic amines is 1. The molecule has 0 bridgehead atoms. The first-order valence-electron chi connectivity index (χ1n) is 4.04. The second-order valence-electron chi connectivity index (χ2n) is 2.99. The summed E-state index contributed by atoms with van der Waals surface area (Å²) in [7, 11) is -3.80. The zero-order valence-electron chi connectivity index (χ0n) is 8.00. The van der Waals surface area contributed by atoms with Gasteiger partial charge < -0.3 is 14.9 Å². The summed E-state index contributed by atoms with van der Waals surface area (Å²) in [4.78, 5) is 17.6. The highest BCUT2D eigenvalue weighted by Crippen LogP contribution is 2.00. The smallest absolute Gasteiger partial charge is 0.339 e. The van der Waals surface area contributed by atoms with E-state index in [1.807, 2.05) is 0 Å². The van der Waals surface area contributed by atoms with Gasteiger partial charge in [-0.05, 0) is 0 Å². The van der Waals surface area contributed by atoms with Crippen LogP contribution in [-0.2, 0) is 25.5 Å². The van der Waals surface area contributed by atoms with Gasteiger partial charge in [-0.2, -0.15) is 8.42 Å². The van der Waals surface area contributed by atoms with E-state index < -0.39 is 22.1 Å². The van der Waals surface area contributed by atoms with Crippen molar-refractivity contribution >= 4 is 16.1 Å². The van der Waals surface area contributed by atoms with Crippen molar-refractivity contribution in [3.63, 3.8) is 0 Å². The lowest BCUT2D eigenvalue weighted by Gasteiger charge is -2.08. The van der Waals surface area contributed by atoms with Gasteiger partial charge in [-0.3, -0.25) is 0 Å². The predicted octanol–water partition coefficient (Wildman–Crippen LogP) is -1.22. The van der Waals surface area contributed by atoms with Gasteiger partial charge in [-0.1, -0.05) is 0 Å². The van der Waals surface area contributed by atoms with Crippen LogP contribution >= 0.6 is 0 Å². The first-order valence-corrected chi connectivity index (χ1v) is 5.86. The van der Waals surface area contributed by atoms with E-state index in [9.17, 15) is 13.2 Å². The summed E-state index contributed by atoms with van der Waals surface area (Å²) in [5.41, 5.74) is 6.06. The van der Waals surface area contributed by atoms with Crippen molar-refractivity contribution < 1.29 is 17.4 Å². The number of nitrogens with two attached hydrogens (primary N) is 1. The van der Waals surface area contributed by atoms with Gasteiger partial charge in [0.15, 0.2) is 0 Å². The number of hydrogen-bond acceptors (Lipinski definition) is 6. The Morgan fingerprint density at radius 1 is 1.73 bits per heavy atom. The predicted molar refractivity (Wildman–Crippen MR) is 51.2 cm³/mol. The molecule has 0 unspecified atom stereocenters. The Hall–Kier alpha value is -1.41. The molecular formula is C7H11N3O4S. The minimum atomic E-state index is -3.80. The summed E-state index contributed by atoms with van der Waals surface area (Å²) in [5.74, 6) is -0.980. The van der Waals surface area contributed by atoms with Gasteiger partial charge in [0.1, 0.15) is 6.04 Å². The van der Waals surface area contributed by atoms with Gasteiger partial charge in [0.2, 0.25) is 0 Å². The van der Waals surface area contributed by atoms with Crippen LogP contribution in [0.3, 0.4) is 0 Å². The first kappa shape index (κ1) is 11.7. The average Bonchev–Trinajstić information content (AvgIpc) is 2.53. The molecule has 1 rings (SSSR count). The van der Waals surface area contributed by atoms with E-state index in [2.05, 4.69) is 14.2 Å². The number of aromatic nitrogens is 2. The van der Waals surface area contributed by atoms with Gasteiger partial charge in [-0.15, -0.1) is 0 Å². The van der Waals surface area contributed by atoms with Crippen LogP contribution in [0.15, 0.2) is 12.5 Å². The van der Waals surface area contributed by atoms with Gasteiger partial charge in [-0.25, -0.2) is 9.78 Å². The quantitative estimate of drug-likeness (QED) is 0.630. The molecule has 8 heteroatoms. The van der Waals surface area contributed by atoms with Gasteiger partial charge in [0.05, 0.1) is 12.6 Å². The minimum Gasteiger partial charge on any atom is -0.348 e. The maximum Gasteiger partial charge on any atom is 0.339 e. The molecule has 1 aromatic rings. The highest BCUT2D eigenvalue weighted by atomic mass is 32.2. The average molecular weight is 233 g/mol. The van der Waals surface area contributed by atoms with Crippen LogP contribution in [0.4, 0.5) is 0 Å². The summed E-state index contributed by atoms with van der Waals surface area (Å²) in [6, 6.07) is -1.03. The van der Waals surface area contributed by atoms with Gasteiger partial charge in [0, 0.05) is 18.3 Å². The summed E-state index contributed by atoms with van der Waals surface area (Å²) < 4.78 is 25.4. The van der Waals surface area contributed by atoms with Crippen molar-refractivity contribution in [2.45, 2.75) is 12.5 Å². The van der Waals surface area contributed by atoms with Crippen molar-refractivity contribution in [1.82, 2.24) is 9.97 Å². The zero-order valence-corrected chi connectivity index (χ0v) is 8.82. The number of imidazole rings is 1. The fourth-order valence-electron chi connectivity index (χ4n) is 0.928. The molecule has 84 valence electrons. The normalized spacial score (nSPS) is 13.5. The molecule has 15 heavy (non-hydrogen) atoms. The summed E-state index contributed by atoms with van der Waals surface area (Å²) in [6.45, 7) is 0. The molecule has 0 spiro atoms. The molecule has 0 saturated heterocycles. The number of carbonyl (C=O) groups excluding carboxylic acids is 1. The second kappa shape index (κ2) is 4.41. The Bertz CT molecular complexity index is 425. The number of nitrogens with one attached hydrogen (secondary N) is 1. The topological polar surface area (TPSA) is 115 Å². The standard InChI is InChI=1S/C7H11N3O4S/c1-15(12,13)14-7(11)6(8)2-5-3-9-4-10-5/h3-4,6H,2,8H2,1H3,(H,9,10)/t6-/m0/s1. The number of nitrogens with zero attached hydrogens (tertiary/aromatic N) is 1. The Kier molecular flexibility index (Phi) is 3.43. The van der Waals surface area contributed by atoms with E-state index in [1.54, 1.807) is 0 Å². The molecule has 0 radical (unpaired) electrons. The molecule has 1 heterocycles. The van der Waals surface area contributed by atoms with Crippen LogP contribution in [0.1, 0.15) is 5.69 Å². The molecule has 0 saturated carbocycles. The fraction of sp³-hybridized carbons (Fsp3) is 0.429. The molecule has 0 aromatic carbocycles. The summed E-state index contributed by atoms with van der Waals surface area (Å²) in [6.07, 6.45) is 3.86. The van der Waals surface area contributed by atoms with E-state index in [0.717, 1.165) is 6.26 Å². The number of H-pyrrole nitrogens is 1. The van der Waals surface area contributed by atoms with Crippen molar-refractivity contribution in [3.8, 4) is 0 Å². The molecular weight excluding hydrogens is 222 g/mol. The number of carbonyl (C=O) groups is 1. The summed E-state index contributed by atoms with van der Waals surface area (Å²) >= 11 is 0. The molecule has 0 fully saturated rings. The molecule has 0 aliphatic heterocycles. The highest BCUT2D eigenvalue weighted by Gasteiger charge is 2.20. The Labute approximate surface area is 86.8 Å². The van der Waals surface area contributed by atoms with Crippen LogP contribution in [0.25, 0.3) is 0 Å². The van der Waals surface area contributed by atoms with Crippen LogP contribution in [0.2, 0.25) is 0 Å². The lowest BCUT2D eigenvalue weighted by Crippen LogP contribution is -2.35. The third kappa shape index (κ3) is 4.09. The van der Waals surface area contributed by atoms with E-state index in [1.165, 1.54) is 12.5 Å². The van der Waals surface area contributed by atoms with Gasteiger partial charge in [0.25, 0.3) is 0 Å².